The Kier molecular flexibility index (Phi) is 8.32. The Hall–Kier alpha value is -5.45. The average Bonchev–Trinajstić information content (AvgIpc) is 3.44. The Morgan fingerprint density at radius 1 is 0.923 bits per heavy atom. The van der Waals surface area contributed by atoms with Gasteiger partial charge in [-0.3, -0.25) is 14.9 Å². The van der Waals surface area contributed by atoms with Crippen molar-refractivity contribution >= 4 is 23.3 Å². The Morgan fingerprint density at radius 2 is 1.59 bits per heavy atom. The second kappa shape index (κ2) is 12.2. The molecule has 0 radical (unpaired) electrons. The average molecular weight is 530 g/mol. The number of benzene rings is 3. The standard InChI is InChI=1S/C28H23N3O8/c1-18(20-5-9-23(10-6-20)38-17-25-13-14-26(39-25)28(33)34)29-30-27(32)21-4-2-3-19(15-21)16-37-24-11-7-22(8-12-24)31(35)36/h2-15H,16-17H2,1H3,(H,30,32)(H,33,34). The molecule has 0 atom stereocenters. The first kappa shape index (κ1) is 26.6. The molecule has 3 aromatic carbocycles. The van der Waals surface area contributed by atoms with E-state index in [0.717, 1.165) is 11.1 Å². The van der Waals surface area contributed by atoms with Crippen LogP contribution in [0.2, 0.25) is 0 Å². The number of rotatable bonds is 11. The number of nitrogens with one attached hydrogen (secondary N) is 1. The second-order valence-corrected chi connectivity index (χ2v) is 8.26. The number of nitro groups is 1. The van der Waals surface area contributed by atoms with Crippen LogP contribution in [0, 0.1) is 10.1 Å². The highest BCUT2D eigenvalue weighted by Crippen LogP contribution is 2.19. The van der Waals surface area contributed by atoms with Gasteiger partial charge in [0.25, 0.3) is 11.6 Å². The Balaban J connectivity index is 1.29. The third-order valence-corrected chi connectivity index (χ3v) is 5.49. The fraction of sp³-hybridized carbons (Fsp3) is 0.107. The number of ether oxygens (including phenoxy) is 2. The van der Waals surface area contributed by atoms with E-state index in [-0.39, 0.29) is 24.7 Å². The number of aromatic carboxylic acids is 1. The molecular formula is C28H23N3O8. The summed E-state index contributed by atoms with van der Waals surface area (Å²) in [7, 11) is 0. The van der Waals surface area contributed by atoms with Gasteiger partial charge >= 0.3 is 5.97 Å². The van der Waals surface area contributed by atoms with Gasteiger partial charge in [0, 0.05) is 17.7 Å². The van der Waals surface area contributed by atoms with Gasteiger partial charge in [0.05, 0.1) is 10.6 Å². The van der Waals surface area contributed by atoms with E-state index in [1.165, 1.54) is 30.3 Å². The summed E-state index contributed by atoms with van der Waals surface area (Å²) in [6, 6.07) is 22.5. The summed E-state index contributed by atoms with van der Waals surface area (Å²) in [5.41, 5.74) is 4.99. The van der Waals surface area contributed by atoms with Gasteiger partial charge in [-0.25, -0.2) is 10.2 Å². The van der Waals surface area contributed by atoms with Crippen LogP contribution in [-0.2, 0) is 13.2 Å². The lowest BCUT2D eigenvalue weighted by molar-refractivity contribution is -0.384. The van der Waals surface area contributed by atoms with E-state index in [0.29, 0.717) is 28.5 Å². The lowest BCUT2D eigenvalue weighted by Gasteiger charge is -2.08. The number of carboxylic acids is 1. The largest absolute Gasteiger partial charge is 0.489 e. The van der Waals surface area contributed by atoms with Gasteiger partial charge in [-0.1, -0.05) is 12.1 Å². The zero-order chi connectivity index (χ0) is 27.8. The molecule has 0 fully saturated rings. The van der Waals surface area contributed by atoms with E-state index in [1.54, 1.807) is 61.5 Å². The third-order valence-electron chi connectivity index (χ3n) is 5.49. The van der Waals surface area contributed by atoms with Crippen LogP contribution in [0.4, 0.5) is 5.69 Å². The van der Waals surface area contributed by atoms with Crippen molar-refractivity contribution in [1.82, 2.24) is 5.43 Å². The Labute approximate surface area is 222 Å². The number of non-ortho nitro benzene ring substituents is 1. The highest BCUT2D eigenvalue weighted by molar-refractivity contribution is 6.01. The van der Waals surface area contributed by atoms with Crippen molar-refractivity contribution in [2.24, 2.45) is 5.10 Å². The highest BCUT2D eigenvalue weighted by Gasteiger charge is 2.10. The van der Waals surface area contributed by atoms with Crippen LogP contribution in [0.1, 0.15) is 44.7 Å². The lowest BCUT2D eigenvalue weighted by Crippen LogP contribution is -2.19. The fourth-order valence-corrected chi connectivity index (χ4v) is 3.41. The Morgan fingerprint density at radius 3 is 2.23 bits per heavy atom. The number of nitrogens with zero attached hydrogens (tertiary/aromatic N) is 2. The summed E-state index contributed by atoms with van der Waals surface area (Å²) in [4.78, 5) is 33.8. The van der Waals surface area contributed by atoms with Crippen LogP contribution in [0.25, 0.3) is 0 Å². The molecule has 2 N–H and O–H groups in total. The van der Waals surface area contributed by atoms with Gasteiger partial charge in [0.1, 0.15) is 30.5 Å². The monoisotopic (exact) mass is 529 g/mol. The summed E-state index contributed by atoms with van der Waals surface area (Å²) < 4.78 is 16.4. The molecular weight excluding hydrogens is 506 g/mol. The quantitative estimate of drug-likeness (QED) is 0.153. The van der Waals surface area contributed by atoms with Crippen LogP contribution in [0.3, 0.4) is 0 Å². The van der Waals surface area contributed by atoms with Crippen LogP contribution < -0.4 is 14.9 Å². The molecule has 1 amide bonds. The minimum atomic E-state index is -1.14. The molecule has 1 aromatic heterocycles. The van der Waals surface area contributed by atoms with Gasteiger partial charge in [-0.05, 0) is 78.7 Å². The first-order valence-corrected chi connectivity index (χ1v) is 11.6. The number of carboxylic acid groups (broad SMARTS) is 1. The van der Waals surface area contributed by atoms with Gasteiger partial charge in [-0.15, -0.1) is 0 Å². The van der Waals surface area contributed by atoms with Crippen molar-refractivity contribution in [3.05, 3.63) is 123 Å². The predicted octanol–water partition coefficient (Wildman–Crippen LogP) is 5.20. The van der Waals surface area contributed by atoms with Crippen LogP contribution >= 0.6 is 0 Å². The summed E-state index contributed by atoms with van der Waals surface area (Å²) in [5, 5.41) is 23.9. The van der Waals surface area contributed by atoms with Crippen LogP contribution in [-0.4, -0.2) is 27.6 Å². The van der Waals surface area contributed by atoms with E-state index in [9.17, 15) is 19.7 Å². The number of amides is 1. The van der Waals surface area contributed by atoms with Crippen molar-refractivity contribution in [2.75, 3.05) is 0 Å². The number of carbonyl (C=O) groups excluding carboxylic acids is 1. The normalized spacial score (nSPS) is 11.1. The predicted molar refractivity (Wildman–Crippen MR) is 140 cm³/mol. The summed E-state index contributed by atoms with van der Waals surface area (Å²) >= 11 is 0. The number of hydrogen-bond donors (Lipinski definition) is 2. The van der Waals surface area contributed by atoms with Gasteiger partial charge in [-0.2, -0.15) is 5.10 Å². The molecule has 0 saturated carbocycles. The lowest BCUT2D eigenvalue weighted by atomic mass is 10.1. The molecule has 4 aromatic rings. The number of hydrogen-bond acceptors (Lipinski definition) is 8. The molecule has 0 aliphatic rings. The van der Waals surface area contributed by atoms with Crippen LogP contribution in [0.15, 0.2) is 94.4 Å². The van der Waals surface area contributed by atoms with Crippen molar-refractivity contribution in [1.29, 1.82) is 0 Å². The molecule has 1 heterocycles. The van der Waals surface area contributed by atoms with Gasteiger partial charge in [0.2, 0.25) is 5.76 Å². The maximum absolute atomic E-state index is 12.6. The van der Waals surface area contributed by atoms with Gasteiger partial charge in [0.15, 0.2) is 0 Å². The molecule has 0 spiro atoms. The van der Waals surface area contributed by atoms with E-state index in [1.807, 2.05) is 0 Å². The zero-order valence-corrected chi connectivity index (χ0v) is 20.7. The molecule has 11 heteroatoms. The zero-order valence-electron chi connectivity index (χ0n) is 20.7. The van der Waals surface area contributed by atoms with E-state index in [4.69, 9.17) is 19.0 Å². The molecule has 11 nitrogen and oxygen atoms in total. The number of carbonyl (C=O) groups is 2. The first-order chi connectivity index (χ1) is 18.8. The van der Waals surface area contributed by atoms with Crippen LogP contribution in [0.5, 0.6) is 11.5 Å². The maximum atomic E-state index is 12.6. The molecule has 0 aliphatic heterocycles. The van der Waals surface area contributed by atoms with Gasteiger partial charge < -0.3 is 19.0 Å². The molecule has 4 rings (SSSR count). The van der Waals surface area contributed by atoms with E-state index < -0.39 is 16.8 Å². The van der Waals surface area contributed by atoms with Crippen molar-refractivity contribution in [3.63, 3.8) is 0 Å². The third kappa shape index (κ3) is 7.29. The number of hydrazone groups is 1. The SMILES string of the molecule is CC(=NNC(=O)c1cccc(COc2ccc([N+](=O)[O-])cc2)c1)c1ccc(OCc2ccc(C(=O)O)o2)cc1. The summed E-state index contributed by atoms with van der Waals surface area (Å²) in [5.74, 6) is -0.282. The van der Waals surface area contributed by atoms with Crippen molar-refractivity contribution in [3.8, 4) is 11.5 Å². The first-order valence-electron chi connectivity index (χ1n) is 11.6. The number of furan rings is 1. The molecule has 39 heavy (non-hydrogen) atoms. The summed E-state index contributed by atoms with van der Waals surface area (Å²) in [6.45, 7) is 2.00. The van der Waals surface area contributed by atoms with Crippen molar-refractivity contribution < 1.29 is 33.5 Å². The topological polar surface area (TPSA) is 154 Å². The summed E-state index contributed by atoms with van der Waals surface area (Å²) in [6.07, 6.45) is 0. The molecule has 0 saturated heterocycles. The molecule has 0 unspecified atom stereocenters. The molecule has 0 aliphatic carbocycles. The van der Waals surface area contributed by atoms with E-state index in [2.05, 4.69) is 10.5 Å². The number of nitro benzene ring substituents is 1. The minimum absolute atomic E-state index is 0.0242. The Bertz CT molecular complexity index is 1510. The molecule has 0 bridgehead atoms. The highest BCUT2D eigenvalue weighted by atomic mass is 16.6. The minimum Gasteiger partial charge on any atom is -0.489 e. The van der Waals surface area contributed by atoms with E-state index >= 15 is 0 Å². The second-order valence-electron chi connectivity index (χ2n) is 8.26. The molecule has 198 valence electrons. The smallest absolute Gasteiger partial charge is 0.371 e. The van der Waals surface area contributed by atoms with Crippen molar-refractivity contribution in [2.45, 2.75) is 20.1 Å². The maximum Gasteiger partial charge on any atom is 0.371 e. The fourth-order valence-electron chi connectivity index (χ4n) is 3.41.